The lowest BCUT2D eigenvalue weighted by molar-refractivity contribution is 0.299. The first-order valence-electron chi connectivity index (χ1n) is 4.66. The first-order chi connectivity index (χ1) is 5.20. The molecule has 0 bridgehead atoms. The van der Waals surface area contributed by atoms with E-state index in [4.69, 9.17) is 0 Å². The monoisotopic (exact) mass is 158 g/mol. The Morgan fingerprint density at radius 2 is 1.73 bits per heavy atom. The van der Waals surface area contributed by atoms with E-state index in [1.54, 1.807) is 0 Å². The van der Waals surface area contributed by atoms with E-state index in [2.05, 4.69) is 37.9 Å². The van der Waals surface area contributed by atoms with E-state index < -0.39 is 0 Å². The fraction of sp³-hybridized carbons (Fsp3) is 1.00. The zero-order valence-electron chi connectivity index (χ0n) is 8.35. The summed E-state index contributed by atoms with van der Waals surface area (Å²) in [6, 6.07) is 0.616. The molecule has 0 aliphatic heterocycles. The lowest BCUT2D eigenvalue weighted by Crippen LogP contribution is -2.34. The molecule has 0 unspecified atom stereocenters. The molecule has 0 rings (SSSR count). The highest BCUT2D eigenvalue weighted by Crippen LogP contribution is 1.84. The van der Waals surface area contributed by atoms with Gasteiger partial charge >= 0.3 is 0 Å². The topological polar surface area (TPSA) is 15.3 Å². The van der Waals surface area contributed by atoms with Crippen LogP contribution in [0.5, 0.6) is 0 Å². The van der Waals surface area contributed by atoms with E-state index in [1.807, 2.05) is 0 Å². The van der Waals surface area contributed by atoms with E-state index in [0.717, 1.165) is 19.6 Å². The van der Waals surface area contributed by atoms with E-state index in [0.29, 0.717) is 6.04 Å². The van der Waals surface area contributed by atoms with Crippen molar-refractivity contribution in [3.05, 3.63) is 0 Å². The molecule has 0 amide bonds. The lowest BCUT2D eigenvalue weighted by Gasteiger charge is -2.18. The van der Waals surface area contributed by atoms with Crippen LogP contribution in [0.25, 0.3) is 0 Å². The Morgan fingerprint density at radius 3 is 2.09 bits per heavy atom. The average Bonchev–Trinajstić information content (AvgIpc) is 1.98. The van der Waals surface area contributed by atoms with Crippen LogP contribution in [0.3, 0.4) is 0 Å². The predicted molar refractivity (Wildman–Crippen MR) is 50.9 cm³/mol. The van der Waals surface area contributed by atoms with Gasteiger partial charge in [0.2, 0.25) is 0 Å². The molecular weight excluding hydrogens is 136 g/mol. The second kappa shape index (κ2) is 6.62. The molecule has 68 valence electrons. The van der Waals surface area contributed by atoms with Crippen LogP contribution < -0.4 is 5.32 Å². The SMILES string of the molecule is CCN(CC)CCNC(C)C. The van der Waals surface area contributed by atoms with Crippen molar-refractivity contribution in [2.24, 2.45) is 0 Å². The molecular formula is C9H22N2. The molecule has 0 aromatic carbocycles. The predicted octanol–water partition coefficient (Wildman–Crippen LogP) is 1.33. The molecule has 0 aliphatic rings. The molecule has 0 aromatic heterocycles. The Hall–Kier alpha value is -0.0800. The Bertz CT molecular complexity index is 77.6. The summed E-state index contributed by atoms with van der Waals surface area (Å²) in [6.45, 7) is 13.4. The third-order valence-corrected chi connectivity index (χ3v) is 1.88. The van der Waals surface area contributed by atoms with E-state index in [1.165, 1.54) is 6.54 Å². The van der Waals surface area contributed by atoms with Crippen molar-refractivity contribution in [1.29, 1.82) is 0 Å². The maximum atomic E-state index is 3.40. The number of nitrogens with zero attached hydrogens (tertiary/aromatic N) is 1. The molecule has 11 heavy (non-hydrogen) atoms. The lowest BCUT2D eigenvalue weighted by atomic mass is 10.4. The van der Waals surface area contributed by atoms with Gasteiger partial charge in [-0.05, 0) is 13.1 Å². The summed E-state index contributed by atoms with van der Waals surface area (Å²) < 4.78 is 0. The summed E-state index contributed by atoms with van der Waals surface area (Å²) in [4.78, 5) is 2.43. The first-order valence-corrected chi connectivity index (χ1v) is 4.66. The van der Waals surface area contributed by atoms with E-state index in [-0.39, 0.29) is 0 Å². The molecule has 0 aliphatic carbocycles. The van der Waals surface area contributed by atoms with Gasteiger partial charge in [0.1, 0.15) is 0 Å². The molecule has 0 radical (unpaired) electrons. The second-order valence-electron chi connectivity index (χ2n) is 3.14. The standard InChI is InChI=1S/C9H22N2/c1-5-11(6-2)8-7-10-9(3)4/h9-10H,5-8H2,1-4H3. The zero-order chi connectivity index (χ0) is 8.69. The summed E-state index contributed by atoms with van der Waals surface area (Å²) >= 11 is 0. The van der Waals surface area contributed by atoms with Crippen LogP contribution >= 0.6 is 0 Å². The van der Waals surface area contributed by atoms with Gasteiger partial charge in [0.25, 0.3) is 0 Å². The molecule has 0 atom stereocenters. The fourth-order valence-electron chi connectivity index (χ4n) is 1.05. The largest absolute Gasteiger partial charge is 0.313 e. The van der Waals surface area contributed by atoms with Gasteiger partial charge in [-0.2, -0.15) is 0 Å². The third-order valence-electron chi connectivity index (χ3n) is 1.88. The van der Waals surface area contributed by atoms with Gasteiger partial charge in [-0.15, -0.1) is 0 Å². The molecule has 0 saturated carbocycles. The third kappa shape index (κ3) is 6.32. The van der Waals surface area contributed by atoms with Crippen molar-refractivity contribution in [3.63, 3.8) is 0 Å². The highest BCUT2D eigenvalue weighted by Gasteiger charge is 1.97. The van der Waals surface area contributed by atoms with Crippen LogP contribution in [-0.2, 0) is 0 Å². The summed E-state index contributed by atoms with van der Waals surface area (Å²) in [5.41, 5.74) is 0. The van der Waals surface area contributed by atoms with Crippen molar-refractivity contribution < 1.29 is 0 Å². The fourth-order valence-corrected chi connectivity index (χ4v) is 1.05. The highest BCUT2D eigenvalue weighted by atomic mass is 15.1. The van der Waals surface area contributed by atoms with Crippen LogP contribution in [-0.4, -0.2) is 37.1 Å². The van der Waals surface area contributed by atoms with Crippen LogP contribution in [0, 0.1) is 0 Å². The average molecular weight is 158 g/mol. The van der Waals surface area contributed by atoms with Crippen LogP contribution in [0.15, 0.2) is 0 Å². The zero-order valence-corrected chi connectivity index (χ0v) is 8.35. The molecule has 2 heteroatoms. The van der Waals surface area contributed by atoms with Gasteiger partial charge in [-0.1, -0.05) is 27.7 Å². The van der Waals surface area contributed by atoms with E-state index >= 15 is 0 Å². The second-order valence-corrected chi connectivity index (χ2v) is 3.14. The molecule has 1 N–H and O–H groups in total. The van der Waals surface area contributed by atoms with Crippen LogP contribution in [0.2, 0.25) is 0 Å². The van der Waals surface area contributed by atoms with Gasteiger partial charge in [-0.3, -0.25) is 0 Å². The Balaban J connectivity index is 3.21. The van der Waals surface area contributed by atoms with Gasteiger partial charge in [0.15, 0.2) is 0 Å². The molecule has 0 aromatic rings. The minimum absolute atomic E-state index is 0.616. The maximum Gasteiger partial charge on any atom is 0.0107 e. The summed E-state index contributed by atoms with van der Waals surface area (Å²) in [6.07, 6.45) is 0. The molecule has 0 spiro atoms. The molecule has 0 heterocycles. The number of hydrogen-bond acceptors (Lipinski definition) is 2. The normalized spacial score (nSPS) is 11.5. The van der Waals surface area contributed by atoms with Gasteiger partial charge < -0.3 is 10.2 Å². The van der Waals surface area contributed by atoms with Crippen molar-refractivity contribution in [2.45, 2.75) is 33.7 Å². The van der Waals surface area contributed by atoms with Gasteiger partial charge in [0.05, 0.1) is 0 Å². The van der Waals surface area contributed by atoms with Crippen molar-refractivity contribution in [2.75, 3.05) is 26.2 Å². The summed E-state index contributed by atoms with van der Waals surface area (Å²) in [5, 5.41) is 3.40. The molecule has 0 fully saturated rings. The van der Waals surface area contributed by atoms with E-state index in [9.17, 15) is 0 Å². The Morgan fingerprint density at radius 1 is 1.18 bits per heavy atom. The van der Waals surface area contributed by atoms with Gasteiger partial charge in [0, 0.05) is 19.1 Å². The molecule has 2 nitrogen and oxygen atoms in total. The quantitative estimate of drug-likeness (QED) is 0.627. The van der Waals surface area contributed by atoms with Gasteiger partial charge in [-0.25, -0.2) is 0 Å². The van der Waals surface area contributed by atoms with Crippen LogP contribution in [0.4, 0.5) is 0 Å². The first kappa shape index (κ1) is 10.9. The van der Waals surface area contributed by atoms with Crippen LogP contribution in [0.1, 0.15) is 27.7 Å². The minimum atomic E-state index is 0.616. The molecule has 0 saturated heterocycles. The van der Waals surface area contributed by atoms with Crippen molar-refractivity contribution in [3.8, 4) is 0 Å². The summed E-state index contributed by atoms with van der Waals surface area (Å²) in [7, 11) is 0. The number of nitrogens with one attached hydrogen (secondary N) is 1. The smallest absolute Gasteiger partial charge is 0.0107 e. The number of rotatable bonds is 6. The Labute approximate surface area is 71.0 Å². The summed E-state index contributed by atoms with van der Waals surface area (Å²) in [5.74, 6) is 0. The minimum Gasteiger partial charge on any atom is -0.313 e. The van der Waals surface area contributed by atoms with Crippen molar-refractivity contribution in [1.82, 2.24) is 10.2 Å². The number of hydrogen-bond donors (Lipinski definition) is 1. The Kier molecular flexibility index (Phi) is 6.57. The van der Waals surface area contributed by atoms with Crippen molar-refractivity contribution >= 4 is 0 Å². The maximum absolute atomic E-state index is 3.40. The number of likely N-dealkylation sites (N-methyl/N-ethyl adjacent to an activating group) is 1. The highest BCUT2D eigenvalue weighted by molar-refractivity contribution is 4.57.